The van der Waals surface area contributed by atoms with Crippen LogP contribution in [0.2, 0.25) is 0 Å². The molecule has 0 aliphatic carbocycles. The molecule has 1 aliphatic rings. The van der Waals surface area contributed by atoms with Gasteiger partial charge in [0.1, 0.15) is 5.82 Å². The van der Waals surface area contributed by atoms with Crippen LogP contribution in [0.5, 0.6) is 0 Å². The van der Waals surface area contributed by atoms with E-state index in [1.165, 1.54) is 18.9 Å². The molecule has 0 saturated carbocycles. The van der Waals surface area contributed by atoms with Crippen molar-refractivity contribution in [2.45, 2.75) is 32.2 Å². The molecule has 1 aromatic rings. The molecule has 20 heavy (non-hydrogen) atoms. The number of hydrogen-bond acceptors (Lipinski definition) is 2. The van der Waals surface area contributed by atoms with Crippen molar-refractivity contribution >= 4 is 28.3 Å². The second-order valence-corrected chi connectivity index (χ2v) is 6.06. The van der Waals surface area contributed by atoms with E-state index in [1.807, 2.05) is 0 Å². The smallest absolute Gasteiger partial charge is 0.124 e. The zero-order valence-corrected chi connectivity index (χ0v) is 14.3. The molecule has 1 atom stereocenters. The Hall–Kier alpha value is -0.160. The lowest BCUT2D eigenvalue weighted by atomic mass is 9.98. The highest BCUT2D eigenvalue weighted by Crippen LogP contribution is 2.29. The summed E-state index contributed by atoms with van der Waals surface area (Å²) < 4.78 is 14.4. The lowest BCUT2D eigenvalue weighted by Crippen LogP contribution is -2.45. The van der Waals surface area contributed by atoms with Gasteiger partial charge in [0.05, 0.1) is 0 Å². The zero-order chi connectivity index (χ0) is 13.7. The molecule has 0 radical (unpaired) electrons. The van der Waals surface area contributed by atoms with Crippen LogP contribution in [0.4, 0.5) is 4.39 Å². The predicted octanol–water partition coefficient (Wildman–Crippen LogP) is 4.15. The average molecular weight is 366 g/mol. The van der Waals surface area contributed by atoms with Crippen molar-refractivity contribution in [3.8, 4) is 0 Å². The minimum atomic E-state index is -0.152. The van der Waals surface area contributed by atoms with Gasteiger partial charge in [-0.25, -0.2) is 4.39 Å². The van der Waals surface area contributed by atoms with Crippen LogP contribution in [0.1, 0.15) is 37.8 Å². The Bertz CT molecular complexity index is 391. The zero-order valence-electron chi connectivity index (χ0n) is 11.9. The normalized spacial score (nSPS) is 17.6. The molecule has 114 valence electrons. The third-order valence-corrected chi connectivity index (χ3v) is 4.15. The maximum Gasteiger partial charge on any atom is 0.124 e. The summed E-state index contributed by atoms with van der Waals surface area (Å²) in [5, 5.41) is 3.37. The van der Waals surface area contributed by atoms with Gasteiger partial charge in [0.15, 0.2) is 0 Å². The van der Waals surface area contributed by atoms with Gasteiger partial charge in [0.25, 0.3) is 0 Å². The minimum absolute atomic E-state index is 0. The van der Waals surface area contributed by atoms with Crippen molar-refractivity contribution in [1.29, 1.82) is 0 Å². The lowest BCUT2D eigenvalue weighted by molar-refractivity contribution is 0.163. The summed E-state index contributed by atoms with van der Waals surface area (Å²) in [4.78, 5) is 2.48. The number of unbranched alkanes of at least 4 members (excludes halogenated alkanes) is 1. The number of nitrogens with one attached hydrogen (secondary N) is 1. The quantitative estimate of drug-likeness (QED) is 0.843. The first-order valence-electron chi connectivity index (χ1n) is 7.11. The van der Waals surface area contributed by atoms with Crippen LogP contribution in [0, 0.1) is 5.82 Å². The maximum atomic E-state index is 13.6. The Balaban J connectivity index is 0.00000200. The van der Waals surface area contributed by atoms with Crippen molar-refractivity contribution in [2.75, 3.05) is 26.2 Å². The molecule has 0 spiro atoms. The standard InChI is InChI=1S/C15H22BrFN2.ClH/c1-2-3-4-15(19-7-5-18-6-8-19)12-9-13(16)11-14(17)10-12;/h9-11,15,18H,2-8H2,1H3;1H/t15-;/m0./s1. The van der Waals surface area contributed by atoms with Gasteiger partial charge in [0, 0.05) is 36.7 Å². The Kier molecular flexibility index (Phi) is 8.03. The highest BCUT2D eigenvalue weighted by Gasteiger charge is 2.22. The minimum Gasteiger partial charge on any atom is -0.314 e. The summed E-state index contributed by atoms with van der Waals surface area (Å²) in [6.45, 7) is 6.35. The number of piperazine rings is 1. The highest BCUT2D eigenvalue weighted by molar-refractivity contribution is 9.10. The van der Waals surface area contributed by atoms with E-state index in [0.717, 1.165) is 42.6 Å². The van der Waals surface area contributed by atoms with Crippen LogP contribution in [0.15, 0.2) is 22.7 Å². The molecular weight excluding hydrogens is 343 g/mol. The molecule has 1 aliphatic heterocycles. The summed E-state index contributed by atoms with van der Waals surface area (Å²) in [6.07, 6.45) is 3.47. The Morgan fingerprint density at radius 2 is 2.00 bits per heavy atom. The summed E-state index contributed by atoms with van der Waals surface area (Å²) in [5.41, 5.74) is 1.10. The SMILES string of the molecule is CCCC[C@@H](c1cc(F)cc(Br)c1)N1CCNCC1.Cl. The fraction of sp³-hybridized carbons (Fsp3) is 0.600. The van der Waals surface area contributed by atoms with Crippen molar-refractivity contribution in [2.24, 2.45) is 0 Å². The molecule has 1 heterocycles. The summed E-state index contributed by atoms with van der Waals surface area (Å²) in [6, 6.07) is 5.62. The monoisotopic (exact) mass is 364 g/mol. The van der Waals surface area contributed by atoms with E-state index in [1.54, 1.807) is 6.07 Å². The van der Waals surface area contributed by atoms with Gasteiger partial charge in [-0.2, -0.15) is 0 Å². The van der Waals surface area contributed by atoms with Gasteiger partial charge in [-0.15, -0.1) is 12.4 Å². The van der Waals surface area contributed by atoms with E-state index in [2.05, 4.69) is 39.1 Å². The van der Waals surface area contributed by atoms with Crippen LogP contribution >= 0.6 is 28.3 Å². The summed E-state index contributed by atoms with van der Waals surface area (Å²) in [5.74, 6) is -0.152. The largest absolute Gasteiger partial charge is 0.314 e. The van der Waals surface area contributed by atoms with Crippen LogP contribution in [-0.4, -0.2) is 31.1 Å². The first kappa shape index (κ1) is 17.9. The lowest BCUT2D eigenvalue weighted by Gasteiger charge is -2.35. The number of hydrogen-bond donors (Lipinski definition) is 1. The number of rotatable bonds is 5. The van der Waals surface area contributed by atoms with Crippen LogP contribution < -0.4 is 5.32 Å². The summed E-state index contributed by atoms with van der Waals surface area (Å²) >= 11 is 3.40. The van der Waals surface area contributed by atoms with Crippen molar-refractivity contribution in [3.05, 3.63) is 34.1 Å². The Morgan fingerprint density at radius 1 is 1.30 bits per heavy atom. The molecule has 1 N–H and O–H groups in total. The van der Waals surface area contributed by atoms with Gasteiger partial charge in [-0.3, -0.25) is 4.90 Å². The van der Waals surface area contributed by atoms with Crippen molar-refractivity contribution in [3.63, 3.8) is 0 Å². The fourth-order valence-electron chi connectivity index (χ4n) is 2.72. The molecule has 1 fully saturated rings. The van der Waals surface area contributed by atoms with E-state index >= 15 is 0 Å². The predicted molar refractivity (Wildman–Crippen MR) is 88.1 cm³/mol. The van der Waals surface area contributed by atoms with E-state index in [-0.39, 0.29) is 18.2 Å². The van der Waals surface area contributed by atoms with Crippen LogP contribution in [0.3, 0.4) is 0 Å². The van der Waals surface area contributed by atoms with E-state index < -0.39 is 0 Å². The second kappa shape index (κ2) is 8.98. The Labute approximate surface area is 135 Å². The number of benzene rings is 1. The topological polar surface area (TPSA) is 15.3 Å². The fourth-order valence-corrected chi connectivity index (χ4v) is 3.20. The molecule has 0 amide bonds. The van der Waals surface area contributed by atoms with E-state index in [4.69, 9.17) is 0 Å². The number of nitrogens with zero attached hydrogens (tertiary/aromatic N) is 1. The van der Waals surface area contributed by atoms with Gasteiger partial charge < -0.3 is 5.32 Å². The molecule has 0 aromatic heterocycles. The summed E-state index contributed by atoms with van der Waals surface area (Å²) in [7, 11) is 0. The first-order chi connectivity index (χ1) is 9.20. The van der Waals surface area contributed by atoms with Crippen LogP contribution in [-0.2, 0) is 0 Å². The van der Waals surface area contributed by atoms with E-state index in [0.29, 0.717) is 6.04 Å². The van der Waals surface area contributed by atoms with Crippen LogP contribution in [0.25, 0.3) is 0 Å². The highest BCUT2D eigenvalue weighted by atomic mass is 79.9. The molecule has 0 unspecified atom stereocenters. The van der Waals surface area contributed by atoms with Gasteiger partial charge in [0.2, 0.25) is 0 Å². The molecular formula is C15H23BrClFN2. The van der Waals surface area contributed by atoms with Crippen molar-refractivity contribution < 1.29 is 4.39 Å². The number of halogens is 3. The van der Waals surface area contributed by atoms with Gasteiger partial charge >= 0.3 is 0 Å². The molecule has 5 heteroatoms. The van der Waals surface area contributed by atoms with E-state index in [9.17, 15) is 4.39 Å². The van der Waals surface area contributed by atoms with Gasteiger partial charge in [-0.05, 0) is 30.2 Å². The molecule has 2 rings (SSSR count). The molecule has 0 bridgehead atoms. The van der Waals surface area contributed by atoms with Gasteiger partial charge in [-0.1, -0.05) is 35.7 Å². The maximum absolute atomic E-state index is 13.6. The molecule has 2 nitrogen and oxygen atoms in total. The van der Waals surface area contributed by atoms with Crippen molar-refractivity contribution in [1.82, 2.24) is 10.2 Å². The Morgan fingerprint density at radius 3 is 2.60 bits per heavy atom. The molecule has 1 aromatic carbocycles. The third-order valence-electron chi connectivity index (χ3n) is 3.69. The average Bonchev–Trinajstić information content (AvgIpc) is 2.39. The third kappa shape index (κ3) is 4.99. The second-order valence-electron chi connectivity index (χ2n) is 5.15. The molecule has 1 saturated heterocycles. The first-order valence-corrected chi connectivity index (χ1v) is 7.90.